The number of nitrogens with zero attached hydrogens (tertiary/aromatic N) is 2. The normalized spacial score (nSPS) is 21.5. The number of alkyl halides is 3. The van der Waals surface area contributed by atoms with Crippen LogP contribution in [0, 0.1) is 0 Å². The highest BCUT2D eigenvalue weighted by Crippen LogP contribution is 2.35. The fourth-order valence-corrected chi connectivity index (χ4v) is 4.79. The molecule has 1 saturated carbocycles. The Morgan fingerprint density at radius 1 is 1.15 bits per heavy atom. The molecule has 1 saturated heterocycles. The predicted octanol–water partition coefficient (Wildman–Crippen LogP) is 3.93. The van der Waals surface area contributed by atoms with Crippen LogP contribution in [0.2, 0.25) is 0 Å². The highest BCUT2D eigenvalue weighted by Gasteiger charge is 2.35. The Hall–Kier alpha value is -3.07. The Bertz CT molecular complexity index is 1030. The van der Waals surface area contributed by atoms with Crippen LogP contribution in [0.25, 0.3) is 0 Å². The third kappa shape index (κ3) is 5.88. The highest BCUT2D eigenvalue weighted by atomic mass is 19.4. The lowest BCUT2D eigenvalue weighted by Gasteiger charge is -2.47. The molecule has 4 rings (SSSR count). The van der Waals surface area contributed by atoms with Gasteiger partial charge in [0, 0.05) is 53.9 Å². The van der Waals surface area contributed by atoms with E-state index in [0.717, 1.165) is 62.3 Å². The molecule has 1 aromatic carbocycles. The van der Waals surface area contributed by atoms with E-state index in [2.05, 4.69) is 27.1 Å². The zero-order chi connectivity index (χ0) is 24.3. The zero-order valence-corrected chi connectivity index (χ0v) is 18.9. The summed E-state index contributed by atoms with van der Waals surface area (Å²) in [6.07, 6.45) is 1.75. The van der Waals surface area contributed by atoms with Crippen LogP contribution in [-0.4, -0.2) is 47.5 Å². The van der Waals surface area contributed by atoms with Crippen molar-refractivity contribution in [3.05, 3.63) is 71.7 Å². The molecule has 1 aliphatic heterocycles. The van der Waals surface area contributed by atoms with Gasteiger partial charge in [0.15, 0.2) is 0 Å². The molecule has 2 aliphatic rings. The number of amides is 1. The largest absolute Gasteiger partial charge is 0.416 e. The maximum absolute atomic E-state index is 12.8. The van der Waals surface area contributed by atoms with Crippen molar-refractivity contribution in [2.75, 3.05) is 25.4 Å². The van der Waals surface area contributed by atoms with Crippen LogP contribution in [0.3, 0.4) is 0 Å². The third-order valence-corrected chi connectivity index (χ3v) is 6.67. The lowest BCUT2D eigenvalue weighted by molar-refractivity contribution is -0.137. The van der Waals surface area contributed by atoms with Crippen molar-refractivity contribution in [1.29, 1.82) is 0 Å². The SMILES string of the molecule is C=C(CNC(=O)c1cccc(C(F)(F)F)c1)NC1CN(C2CCC(c3cc(N)ccn3)CC2)C1. The number of nitrogen functional groups attached to an aromatic ring is 1. The minimum absolute atomic E-state index is 0.0264. The first-order valence-electron chi connectivity index (χ1n) is 11.5. The lowest BCUT2D eigenvalue weighted by Crippen LogP contribution is -2.61. The van der Waals surface area contributed by atoms with Crippen LogP contribution >= 0.6 is 0 Å². The highest BCUT2D eigenvalue weighted by molar-refractivity contribution is 5.94. The van der Waals surface area contributed by atoms with Crippen molar-refractivity contribution in [3.63, 3.8) is 0 Å². The first-order chi connectivity index (χ1) is 16.2. The van der Waals surface area contributed by atoms with E-state index in [1.165, 1.54) is 12.1 Å². The number of rotatable bonds is 7. The summed E-state index contributed by atoms with van der Waals surface area (Å²) in [6.45, 7) is 5.92. The number of anilines is 1. The molecule has 2 aromatic rings. The minimum atomic E-state index is -4.48. The molecule has 4 N–H and O–H groups in total. The van der Waals surface area contributed by atoms with E-state index < -0.39 is 17.6 Å². The van der Waals surface area contributed by atoms with Gasteiger partial charge in [0.2, 0.25) is 0 Å². The third-order valence-electron chi connectivity index (χ3n) is 6.67. The van der Waals surface area contributed by atoms with Gasteiger partial charge in [-0.1, -0.05) is 12.6 Å². The number of likely N-dealkylation sites (tertiary alicyclic amines) is 1. The average Bonchev–Trinajstić information content (AvgIpc) is 2.79. The summed E-state index contributed by atoms with van der Waals surface area (Å²) in [5.74, 6) is -0.0918. The van der Waals surface area contributed by atoms with Gasteiger partial charge in [-0.3, -0.25) is 14.7 Å². The average molecular weight is 474 g/mol. The van der Waals surface area contributed by atoms with Crippen LogP contribution < -0.4 is 16.4 Å². The molecule has 182 valence electrons. The van der Waals surface area contributed by atoms with E-state index in [-0.39, 0.29) is 18.2 Å². The van der Waals surface area contributed by atoms with Crippen molar-refractivity contribution in [2.45, 2.75) is 49.9 Å². The zero-order valence-electron chi connectivity index (χ0n) is 18.9. The van der Waals surface area contributed by atoms with Crippen molar-refractivity contribution in [1.82, 2.24) is 20.5 Å². The molecular formula is C25H30F3N5O. The molecule has 6 nitrogen and oxygen atoms in total. The van der Waals surface area contributed by atoms with Crippen LogP contribution in [-0.2, 0) is 6.18 Å². The van der Waals surface area contributed by atoms with Crippen molar-refractivity contribution >= 4 is 11.6 Å². The summed E-state index contributed by atoms with van der Waals surface area (Å²) in [4.78, 5) is 19.2. The molecule has 1 aromatic heterocycles. The minimum Gasteiger partial charge on any atom is -0.399 e. The van der Waals surface area contributed by atoms with Gasteiger partial charge in [0.1, 0.15) is 0 Å². The lowest BCUT2D eigenvalue weighted by atomic mass is 9.82. The van der Waals surface area contributed by atoms with Crippen molar-refractivity contribution in [3.8, 4) is 0 Å². The number of benzene rings is 1. The fraction of sp³-hybridized carbons (Fsp3) is 0.440. The molecule has 0 atom stereocenters. The standard InChI is InChI=1S/C25H30F3N5O/c1-16(13-31-24(34)18-3-2-4-19(11-18)25(26,27)28)32-21-14-33(15-21)22-7-5-17(6-8-22)23-12-20(29)9-10-30-23/h2-4,9-12,17,21-22,32H,1,5-8,13-15H2,(H2,29,30)(H,31,34). The van der Waals surface area contributed by atoms with Gasteiger partial charge in [-0.2, -0.15) is 13.2 Å². The fourth-order valence-electron chi connectivity index (χ4n) is 4.79. The Kier molecular flexibility index (Phi) is 7.11. The second kappa shape index (κ2) is 10.0. The Labute approximate surface area is 197 Å². The number of carbonyl (C=O) groups excluding carboxylic acids is 1. The summed E-state index contributed by atoms with van der Waals surface area (Å²) < 4.78 is 38.5. The van der Waals surface area contributed by atoms with Crippen molar-refractivity contribution in [2.24, 2.45) is 0 Å². The number of carbonyl (C=O) groups is 1. The number of halogens is 3. The van der Waals surface area contributed by atoms with Crippen LogP contribution in [0.4, 0.5) is 18.9 Å². The molecule has 1 aliphatic carbocycles. The van der Waals surface area contributed by atoms with Gasteiger partial charge in [0.05, 0.1) is 18.2 Å². The monoisotopic (exact) mass is 473 g/mol. The van der Waals surface area contributed by atoms with E-state index >= 15 is 0 Å². The summed E-state index contributed by atoms with van der Waals surface area (Å²) >= 11 is 0. The van der Waals surface area contributed by atoms with Gasteiger partial charge in [-0.15, -0.1) is 0 Å². The number of hydrogen-bond donors (Lipinski definition) is 3. The molecule has 0 radical (unpaired) electrons. The van der Waals surface area contributed by atoms with Crippen LogP contribution in [0.5, 0.6) is 0 Å². The topological polar surface area (TPSA) is 83.3 Å². The molecule has 2 fully saturated rings. The Balaban J connectivity index is 1.16. The molecule has 0 bridgehead atoms. The van der Waals surface area contributed by atoms with Gasteiger partial charge < -0.3 is 16.4 Å². The van der Waals surface area contributed by atoms with E-state index in [1.54, 1.807) is 6.20 Å². The molecule has 1 amide bonds. The van der Waals surface area contributed by atoms with Gasteiger partial charge in [0.25, 0.3) is 5.91 Å². The summed E-state index contributed by atoms with van der Waals surface area (Å²) in [5, 5.41) is 5.95. The predicted molar refractivity (Wildman–Crippen MR) is 125 cm³/mol. The molecule has 0 unspecified atom stereocenters. The second-order valence-electron chi connectivity index (χ2n) is 9.18. The smallest absolute Gasteiger partial charge is 0.399 e. The summed E-state index contributed by atoms with van der Waals surface area (Å²) in [6, 6.07) is 9.00. The summed E-state index contributed by atoms with van der Waals surface area (Å²) in [7, 11) is 0. The van der Waals surface area contributed by atoms with E-state index in [9.17, 15) is 18.0 Å². The Morgan fingerprint density at radius 2 is 1.88 bits per heavy atom. The van der Waals surface area contributed by atoms with Crippen molar-refractivity contribution < 1.29 is 18.0 Å². The number of nitrogens with two attached hydrogens (primary N) is 1. The summed E-state index contributed by atoms with van der Waals surface area (Å²) in [5.41, 5.74) is 7.51. The molecule has 9 heteroatoms. The van der Waals surface area contributed by atoms with E-state index in [1.807, 2.05) is 12.1 Å². The maximum atomic E-state index is 12.8. The van der Waals surface area contributed by atoms with E-state index in [0.29, 0.717) is 17.7 Å². The molecule has 34 heavy (non-hydrogen) atoms. The molecule has 2 heterocycles. The second-order valence-corrected chi connectivity index (χ2v) is 9.18. The molecular weight excluding hydrogens is 443 g/mol. The number of aromatic nitrogens is 1. The van der Waals surface area contributed by atoms with Crippen LogP contribution in [0.15, 0.2) is 54.9 Å². The maximum Gasteiger partial charge on any atom is 0.416 e. The van der Waals surface area contributed by atoms with Gasteiger partial charge in [-0.25, -0.2) is 0 Å². The quantitative estimate of drug-likeness (QED) is 0.568. The first kappa shape index (κ1) is 24.1. The van der Waals surface area contributed by atoms with E-state index in [4.69, 9.17) is 5.73 Å². The first-order valence-corrected chi connectivity index (χ1v) is 11.5. The van der Waals surface area contributed by atoms with Crippen LogP contribution in [0.1, 0.15) is 53.2 Å². The Morgan fingerprint density at radius 3 is 2.56 bits per heavy atom. The van der Waals surface area contributed by atoms with Gasteiger partial charge in [-0.05, 0) is 56.0 Å². The number of hydrogen-bond acceptors (Lipinski definition) is 5. The van der Waals surface area contributed by atoms with Gasteiger partial charge >= 0.3 is 6.18 Å². The number of nitrogens with one attached hydrogen (secondary N) is 2. The number of pyridine rings is 1. The molecule has 0 spiro atoms.